The molecule has 118 valence electrons. The molecule has 0 saturated carbocycles. The van der Waals surface area contributed by atoms with Crippen LogP contribution in [0.4, 0.5) is 5.69 Å². The van der Waals surface area contributed by atoms with Crippen molar-refractivity contribution >= 4 is 28.7 Å². The minimum Gasteiger partial charge on any atom is -0.311 e. The lowest BCUT2D eigenvalue weighted by Crippen LogP contribution is -3.15. The molecule has 0 bridgehead atoms. The van der Waals surface area contributed by atoms with Crippen LogP contribution in [-0.4, -0.2) is 24.9 Å². The predicted molar refractivity (Wildman–Crippen MR) is 90.0 cm³/mol. The number of nitrogens with one attached hydrogen (secondary N) is 1. The van der Waals surface area contributed by atoms with Gasteiger partial charge in [-0.2, -0.15) is 0 Å². The van der Waals surface area contributed by atoms with E-state index in [2.05, 4.69) is 18.4 Å². The summed E-state index contributed by atoms with van der Waals surface area (Å²) in [5, 5.41) is 2.16. The van der Waals surface area contributed by atoms with Crippen molar-refractivity contribution in [1.82, 2.24) is 0 Å². The van der Waals surface area contributed by atoms with Gasteiger partial charge in [0.15, 0.2) is 6.67 Å². The molecule has 0 saturated heterocycles. The molecule has 0 fully saturated rings. The molecule has 1 N–H and O–H groups in total. The monoisotopic (exact) mass is 327 g/mol. The molecule has 2 aromatic rings. The third-order valence-electron chi connectivity index (χ3n) is 4.97. The highest BCUT2D eigenvalue weighted by atomic mass is 32.1. The molecular weight excluding hydrogens is 308 g/mol. The Labute approximate surface area is 139 Å². The minimum absolute atomic E-state index is 0.374. The number of carbonyl (C=O) groups is 2. The Morgan fingerprint density at radius 3 is 2.91 bits per heavy atom. The number of ketones is 1. The number of Topliss-reactive ketones (excluding diaryl/α,β-unsaturated/α-hetero) is 1. The minimum atomic E-state index is -0.385. The maximum absolute atomic E-state index is 12.4. The zero-order chi connectivity index (χ0) is 16.0. The largest absolute Gasteiger partial charge is 0.311 e. The number of hydrogen-bond donors (Lipinski definition) is 1. The normalized spacial score (nSPS) is 23.1. The number of fused-ring (bicyclic) bond motifs is 2. The van der Waals surface area contributed by atoms with Gasteiger partial charge < -0.3 is 4.90 Å². The van der Waals surface area contributed by atoms with Gasteiger partial charge in [-0.15, -0.1) is 11.3 Å². The summed E-state index contributed by atoms with van der Waals surface area (Å²) in [6, 6.07) is 9.94. The third-order valence-corrected chi connectivity index (χ3v) is 5.97. The van der Waals surface area contributed by atoms with Gasteiger partial charge >= 0.3 is 5.91 Å². The molecule has 2 aliphatic rings. The van der Waals surface area contributed by atoms with E-state index in [9.17, 15) is 9.59 Å². The number of rotatable bonds is 3. The molecule has 1 unspecified atom stereocenters. The van der Waals surface area contributed by atoms with Gasteiger partial charge in [-0.05, 0) is 23.6 Å². The smallest absolute Gasteiger partial charge is 0.303 e. The number of benzene rings is 1. The molecule has 4 rings (SSSR count). The van der Waals surface area contributed by atoms with Crippen LogP contribution in [0, 0.1) is 0 Å². The first kappa shape index (κ1) is 14.6. The summed E-state index contributed by atoms with van der Waals surface area (Å²) in [7, 11) is 0. The van der Waals surface area contributed by atoms with E-state index in [1.807, 2.05) is 29.5 Å². The molecule has 0 spiro atoms. The topological polar surface area (TPSA) is 41.8 Å². The quantitative estimate of drug-likeness (QED) is 0.874. The number of para-hydroxylation sites is 1. The fraction of sp³-hybridized carbons (Fsp3) is 0.333. The highest BCUT2D eigenvalue weighted by Gasteiger charge is 2.40. The van der Waals surface area contributed by atoms with Crippen LogP contribution in [0.5, 0.6) is 0 Å². The molecule has 2 atom stereocenters. The van der Waals surface area contributed by atoms with Crippen LogP contribution in [0.3, 0.4) is 0 Å². The van der Waals surface area contributed by atoms with Gasteiger partial charge in [0.05, 0.1) is 17.8 Å². The van der Waals surface area contributed by atoms with Crippen molar-refractivity contribution in [3.63, 3.8) is 0 Å². The molecule has 1 amide bonds. The second kappa shape index (κ2) is 5.58. The lowest BCUT2D eigenvalue weighted by atomic mass is 9.98. The average Bonchev–Trinajstić information content (AvgIpc) is 3.14. The Hall–Kier alpha value is -1.98. The molecule has 1 aromatic heterocycles. The van der Waals surface area contributed by atoms with Crippen LogP contribution in [0.2, 0.25) is 0 Å². The van der Waals surface area contributed by atoms with Crippen molar-refractivity contribution in [3.8, 4) is 0 Å². The van der Waals surface area contributed by atoms with Crippen molar-refractivity contribution in [2.24, 2.45) is 0 Å². The first-order chi connectivity index (χ1) is 11.2. The van der Waals surface area contributed by atoms with Crippen LogP contribution in [-0.2, 0) is 11.2 Å². The van der Waals surface area contributed by atoms with Gasteiger partial charge in [-0.1, -0.05) is 19.1 Å². The fourth-order valence-corrected chi connectivity index (χ4v) is 4.78. The van der Waals surface area contributed by atoms with Crippen LogP contribution < -0.4 is 9.80 Å². The first-order valence-electron chi connectivity index (χ1n) is 8.06. The Bertz CT molecular complexity index is 783. The van der Waals surface area contributed by atoms with Crippen molar-refractivity contribution in [1.29, 1.82) is 0 Å². The van der Waals surface area contributed by atoms with E-state index in [-0.39, 0.29) is 11.7 Å². The number of carbonyl (C=O) groups excluding carboxylic acids is 2. The lowest BCUT2D eigenvalue weighted by Gasteiger charge is -2.34. The Balaban J connectivity index is 1.64. The number of hydrogen-bond acceptors (Lipinski definition) is 3. The maximum Gasteiger partial charge on any atom is 0.303 e. The van der Waals surface area contributed by atoms with Gasteiger partial charge in [0, 0.05) is 23.3 Å². The zero-order valence-electron chi connectivity index (χ0n) is 13.0. The van der Waals surface area contributed by atoms with Crippen LogP contribution in [0.1, 0.15) is 40.2 Å². The summed E-state index contributed by atoms with van der Waals surface area (Å²) in [4.78, 5) is 29.1. The van der Waals surface area contributed by atoms with E-state index in [0.29, 0.717) is 18.3 Å². The Morgan fingerprint density at radius 1 is 1.26 bits per heavy atom. The second-order valence-electron chi connectivity index (χ2n) is 6.16. The van der Waals surface area contributed by atoms with Gasteiger partial charge in [0.1, 0.15) is 6.04 Å². The van der Waals surface area contributed by atoms with E-state index in [4.69, 9.17) is 0 Å². The summed E-state index contributed by atoms with van der Waals surface area (Å²) in [6.07, 6.45) is 2.09. The molecule has 0 radical (unpaired) electrons. The Kier molecular flexibility index (Phi) is 3.54. The summed E-state index contributed by atoms with van der Waals surface area (Å²) in [5.41, 5.74) is 2.73. The highest BCUT2D eigenvalue weighted by Crippen LogP contribution is 2.29. The van der Waals surface area contributed by atoms with Crippen LogP contribution in [0.25, 0.3) is 0 Å². The first-order valence-corrected chi connectivity index (χ1v) is 8.94. The molecule has 1 aromatic carbocycles. The van der Waals surface area contributed by atoms with Crippen molar-refractivity contribution in [2.75, 3.05) is 18.1 Å². The van der Waals surface area contributed by atoms with E-state index in [0.717, 1.165) is 25.1 Å². The van der Waals surface area contributed by atoms with Gasteiger partial charge in [-0.3, -0.25) is 14.5 Å². The number of quaternary nitrogens is 1. The molecule has 23 heavy (non-hydrogen) atoms. The van der Waals surface area contributed by atoms with Gasteiger partial charge in [-0.25, -0.2) is 0 Å². The SMILES string of the molecule is CC[C@@H]1c2ccsc2CC[NH+]1CN1C(=O)C(=O)c2ccccc21. The molecule has 5 heteroatoms. The van der Waals surface area contributed by atoms with E-state index < -0.39 is 0 Å². The zero-order valence-corrected chi connectivity index (χ0v) is 13.9. The summed E-state index contributed by atoms with van der Waals surface area (Å²) in [6.45, 7) is 3.77. The molecule has 4 nitrogen and oxygen atoms in total. The van der Waals surface area contributed by atoms with Crippen LogP contribution >= 0.6 is 11.3 Å². The molecule has 0 aliphatic carbocycles. The van der Waals surface area contributed by atoms with Gasteiger partial charge in [0.25, 0.3) is 5.78 Å². The molecular formula is C18H19N2O2S+. The predicted octanol–water partition coefficient (Wildman–Crippen LogP) is 1.83. The highest BCUT2D eigenvalue weighted by molar-refractivity contribution is 7.10. The van der Waals surface area contributed by atoms with E-state index in [1.54, 1.807) is 11.0 Å². The standard InChI is InChI=1S/C18H18N2O2S/c1-2-14-12-8-10-23-16(12)7-9-19(14)11-20-15-6-4-3-5-13(15)17(21)18(20)22/h3-6,8,10,14H,2,7,9,11H2,1H3/p+1/t14-/m1/s1. The molecule has 3 heterocycles. The average molecular weight is 327 g/mol. The fourth-order valence-electron chi connectivity index (χ4n) is 3.84. The third kappa shape index (κ3) is 2.23. The second-order valence-corrected chi connectivity index (χ2v) is 7.16. The van der Waals surface area contributed by atoms with Crippen LogP contribution in [0.15, 0.2) is 35.7 Å². The van der Waals surface area contributed by atoms with E-state index >= 15 is 0 Å². The maximum atomic E-state index is 12.4. The summed E-state index contributed by atoms with van der Waals surface area (Å²) < 4.78 is 0. The number of thiophene rings is 1. The van der Waals surface area contributed by atoms with Crippen molar-refractivity contribution in [3.05, 3.63) is 51.7 Å². The summed E-state index contributed by atoms with van der Waals surface area (Å²) >= 11 is 1.83. The number of amides is 1. The van der Waals surface area contributed by atoms with Gasteiger partial charge in [0.2, 0.25) is 0 Å². The molecule has 2 aliphatic heterocycles. The number of anilines is 1. The Morgan fingerprint density at radius 2 is 2.09 bits per heavy atom. The number of nitrogens with zero attached hydrogens (tertiary/aromatic N) is 1. The van der Waals surface area contributed by atoms with E-state index in [1.165, 1.54) is 15.3 Å². The summed E-state index contributed by atoms with van der Waals surface area (Å²) in [5.74, 6) is -0.758. The van der Waals surface area contributed by atoms with Crippen molar-refractivity contribution < 1.29 is 14.5 Å². The van der Waals surface area contributed by atoms with Crippen molar-refractivity contribution in [2.45, 2.75) is 25.8 Å². The lowest BCUT2D eigenvalue weighted by molar-refractivity contribution is -0.932.